The summed E-state index contributed by atoms with van der Waals surface area (Å²) in [4.78, 5) is 0. The quantitative estimate of drug-likeness (QED) is 0.910. The van der Waals surface area contributed by atoms with E-state index in [-0.39, 0.29) is 11.6 Å². The van der Waals surface area contributed by atoms with Gasteiger partial charge in [-0.2, -0.15) is 0 Å². The maximum Gasteiger partial charge on any atom is 0.165 e. The SMILES string of the molecule is CCNC1CCOC(C)(c2ccc(OC)c(F)c2)C1. The molecule has 1 N–H and O–H groups in total. The third-order valence-electron chi connectivity index (χ3n) is 3.78. The molecular weight excluding hydrogens is 245 g/mol. The number of halogens is 1. The first-order chi connectivity index (χ1) is 9.09. The molecule has 1 saturated heterocycles. The Bertz CT molecular complexity index is 436. The average molecular weight is 267 g/mol. The van der Waals surface area contributed by atoms with E-state index in [1.54, 1.807) is 6.07 Å². The Balaban J connectivity index is 2.21. The summed E-state index contributed by atoms with van der Waals surface area (Å²) >= 11 is 0. The van der Waals surface area contributed by atoms with Crippen LogP contribution < -0.4 is 10.1 Å². The van der Waals surface area contributed by atoms with E-state index in [1.807, 2.05) is 13.0 Å². The first-order valence-corrected chi connectivity index (χ1v) is 6.80. The van der Waals surface area contributed by atoms with E-state index >= 15 is 0 Å². The van der Waals surface area contributed by atoms with Crippen LogP contribution >= 0.6 is 0 Å². The van der Waals surface area contributed by atoms with Crippen molar-refractivity contribution in [2.24, 2.45) is 0 Å². The monoisotopic (exact) mass is 267 g/mol. The predicted molar refractivity (Wildman–Crippen MR) is 73.0 cm³/mol. The molecule has 1 fully saturated rings. The molecule has 0 bridgehead atoms. The lowest BCUT2D eigenvalue weighted by atomic mass is 9.85. The molecule has 4 heteroatoms. The van der Waals surface area contributed by atoms with Crippen molar-refractivity contribution in [3.63, 3.8) is 0 Å². The smallest absolute Gasteiger partial charge is 0.165 e. The zero-order valence-electron chi connectivity index (χ0n) is 11.8. The van der Waals surface area contributed by atoms with Crippen molar-refractivity contribution in [1.29, 1.82) is 0 Å². The molecule has 2 atom stereocenters. The van der Waals surface area contributed by atoms with E-state index in [9.17, 15) is 4.39 Å². The Morgan fingerprint density at radius 1 is 1.53 bits per heavy atom. The summed E-state index contributed by atoms with van der Waals surface area (Å²) in [6.45, 7) is 5.76. The van der Waals surface area contributed by atoms with Crippen LogP contribution in [0.25, 0.3) is 0 Å². The summed E-state index contributed by atoms with van der Waals surface area (Å²) < 4.78 is 24.7. The fourth-order valence-corrected chi connectivity index (χ4v) is 2.72. The van der Waals surface area contributed by atoms with Crippen LogP contribution in [0, 0.1) is 5.82 Å². The van der Waals surface area contributed by atoms with Gasteiger partial charge in [0.1, 0.15) is 0 Å². The highest BCUT2D eigenvalue weighted by Gasteiger charge is 2.35. The van der Waals surface area contributed by atoms with Gasteiger partial charge >= 0.3 is 0 Å². The molecule has 2 rings (SSSR count). The molecule has 106 valence electrons. The van der Waals surface area contributed by atoms with E-state index in [0.717, 1.165) is 24.9 Å². The topological polar surface area (TPSA) is 30.5 Å². The minimum atomic E-state index is -0.432. The molecule has 0 radical (unpaired) electrons. The van der Waals surface area contributed by atoms with Crippen LogP contribution in [0.1, 0.15) is 32.3 Å². The Morgan fingerprint density at radius 3 is 2.95 bits per heavy atom. The maximum absolute atomic E-state index is 13.8. The van der Waals surface area contributed by atoms with Gasteiger partial charge in [-0.05, 0) is 44.0 Å². The van der Waals surface area contributed by atoms with Gasteiger partial charge in [0.2, 0.25) is 0 Å². The van der Waals surface area contributed by atoms with Gasteiger partial charge in [-0.25, -0.2) is 4.39 Å². The van der Waals surface area contributed by atoms with Gasteiger partial charge < -0.3 is 14.8 Å². The van der Waals surface area contributed by atoms with Crippen molar-refractivity contribution in [3.05, 3.63) is 29.6 Å². The van der Waals surface area contributed by atoms with Gasteiger partial charge in [-0.15, -0.1) is 0 Å². The molecule has 0 aromatic heterocycles. The zero-order chi connectivity index (χ0) is 13.9. The summed E-state index contributed by atoms with van der Waals surface area (Å²) in [6.07, 6.45) is 1.86. The van der Waals surface area contributed by atoms with Crippen molar-refractivity contribution >= 4 is 0 Å². The third kappa shape index (κ3) is 3.07. The number of ether oxygens (including phenoxy) is 2. The number of hydrogen-bond donors (Lipinski definition) is 1. The molecule has 19 heavy (non-hydrogen) atoms. The average Bonchev–Trinajstić information content (AvgIpc) is 2.39. The normalized spacial score (nSPS) is 27.3. The van der Waals surface area contributed by atoms with Crippen molar-refractivity contribution in [3.8, 4) is 5.75 Å². The van der Waals surface area contributed by atoms with Crippen LogP contribution in [0.3, 0.4) is 0 Å². The van der Waals surface area contributed by atoms with E-state index in [2.05, 4.69) is 12.2 Å². The molecule has 3 nitrogen and oxygen atoms in total. The molecule has 1 aromatic rings. The lowest BCUT2D eigenvalue weighted by Gasteiger charge is -2.39. The number of nitrogens with one attached hydrogen (secondary N) is 1. The Labute approximate surface area is 114 Å². The van der Waals surface area contributed by atoms with Crippen LogP contribution in [-0.4, -0.2) is 26.3 Å². The van der Waals surface area contributed by atoms with Crippen molar-refractivity contribution in [2.45, 2.75) is 38.3 Å². The largest absolute Gasteiger partial charge is 0.494 e. The summed E-state index contributed by atoms with van der Waals surface area (Å²) in [5.41, 5.74) is 0.437. The van der Waals surface area contributed by atoms with Crippen LogP contribution in [0.15, 0.2) is 18.2 Å². The highest BCUT2D eigenvalue weighted by Crippen LogP contribution is 2.36. The summed E-state index contributed by atoms with van der Waals surface area (Å²) in [5.74, 6) is -0.0678. The number of rotatable bonds is 4. The van der Waals surface area contributed by atoms with Crippen molar-refractivity contribution in [1.82, 2.24) is 5.32 Å². The lowest BCUT2D eigenvalue weighted by Crippen LogP contribution is -2.43. The second-order valence-corrected chi connectivity index (χ2v) is 5.18. The number of benzene rings is 1. The fraction of sp³-hybridized carbons (Fsp3) is 0.600. The molecule has 0 amide bonds. The standard InChI is InChI=1S/C15H22FNO2/c1-4-17-12-7-8-19-15(2,10-12)11-5-6-14(18-3)13(16)9-11/h5-6,9,12,17H,4,7-8,10H2,1-3H3. The molecule has 1 aromatic carbocycles. The van der Waals surface area contributed by atoms with Crippen LogP contribution in [0.4, 0.5) is 4.39 Å². The number of methoxy groups -OCH3 is 1. The zero-order valence-corrected chi connectivity index (χ0v) is 11.8. The highest BCUT2D eigenvalue weighted by molar-refractivity contribution is 5.32. The van der Waals surface area contributed by atoms with E-state index < -0.39 is 5.60 Å². The Kier molecular flexibility index (Phi) is 4.42. The first-order valence-electron chi connectivity index (χ1n) is 6.80. The van der Waals surface area contributed by atoms with Gasteiger partial charge in [0.05, 0.1) is 12.7 Å². The van der Waals surface area contributed by atoms with Crippen molar-refractivity contribution in [2.75, 3.05) is 20.3 Å². The van der Waals surface area contributed by atoms with Crippen molar-refractivity contribution < 1.29 is 13.9 Å². The molecule has 0 aliphatic carbocycles. The van der Waals surface area contributed by atoms with E-state index in [1.165, 1.54) is 13.2 Å². The minimum absolute atomic E-state index is 0.270. The second-order valence-electron chi connectivity index (χ2n) is 5.18. The van der Waals surface area contributed by atoms with E-state index in [0.29, 0.717) is 12.6 Å². The predicted octanol–water partition coefficient (Wildman–Crippen LogP) is 2.84. The van der Waals surface area contributed by atoms with Gasteiger partial charge in [-0.1, -0.05) is 13.0 Å². The summed E-state index contributed by atoms with van der Waals surface area (Å²) in [5, 5.41) is 3.45. The molecule has 2 unspecified atom stereocenters. The van der Waals surface area contributed by atoms with Gasteiger partial charge in [0, 0.05) is 12.6 Å². The molecule has 0 saturated carbocycles. The Morgan fingerprint density at radius 2 is 2.32 bits per heavy atom. The molecule has 1 aliphatic heterocycles. The minimum Gasteiger partial charge on any atom is -0.494 e. The van der Waals surface area contributed by atoms with Gasteiger partial charge in [0.15, 0.2) is 11.6 Å². The van der Waals surface area contributed by atoms with Crippen LogP contribution in [0.2, 0.25) is 0 Å². The molecular formula is C15H22FNO2. The highest BCUT2D eigenvalue weighted by atomic mass is 19.1. The maximum atomic E-state index is 13.8. The molecule has 1 aliphatic rings. The number of hydrogen-bond acceptors (Lipinski definition) is 3. The fourth-order valence-electron chi connectivity index (χ4n) is 2.72. The summed E-state index contributed by atoms with van der Waals surface area (Å²) in [6, 6.07) is 5.49. The molecule has 1 heterocycles. The Hall–Kier alpha value is -1.13. The first kappa shape index (κ1) is 14.3. The second kappa shape index (κ2) is 5.88. The van der Waals surface area contributed by atoms with Crippen LogP contribution in [0.5, 0.6) is 5.75 Å². The van der Waals surface area contributed by atoms with Crippen LogP contribution in [-0.2, 0) is 10.3 Å². The van der Waals surface area contributed by atoms with Gasteiger partial charge in [0.25, 0.3) is 0 Å². The van der Waals surface area contributed by atoms with Gasteiger partial charge in [-0.3, -0.25) is 0 Å². The molecule has 0 spiro atoms. The lowest BCUT2D eigenvalue weighted by molar-refractivity contribution is -0.0812. The summed E-state index contributed by atoms with van der Waals surface area (Å²) in [7, 11) is 1.47. The van der Waals surface area contributed by atoms with E-state index in [4.69, 9.17) is 9.47 Å². The third-order valence-corrected chi connectivity index (χ3v) is 3.78.